The van der Waals surface area contributed by atoms with Gasteiger partial charge in [0, 0.05) is 0 Å². The maximum absolute atomic E-state index is 5.08. The quantitative estimate of drug-likeness (QED) is 0.452. The van der Waals surface area contributed by atoms with Gasteiger partial charge in [0.2, 0.25) is 0 Å². The van der Waals surface area contributed by atoms with Gasteiger partial charge in [-0.2, -0.15) is 0 Å². The zero-order chi connectivity index (χ0) is 7.28. The van der Waals surface area contributed by atoms with Crippen LogP contribution in [0.1, 0.15) is 20.3 Å². The van der Waals surface area contributed by atoms with Crippen molar-refractivity contribution in [1.29, 1.82) is 0 Å². The Labute approximate surface area is 56.3 Å². The average molecular weight is 127 g/mol. The highest BCUT2D eigenvalue weighted by atomic mass is 16.6. The van der Waals surface area contributed by atoms with Crippen molar-refractivity contribution < 1.29 is 4.84 Å². The second-order valence-corrected chi connectivity index (χ2v) is 2.42. The van der Waals surface area contributed by atoms with E-state index in [1.165, 1.54) is 0 Å². The average Bonchev–Trinajstić information content (AvgIpc) is 1.82. The molecule has 0 bridgehead atoms. The lowest BCUT2D eigenvalue weighted by Crippen LogP contribution is -2.17. The van der Waals surface area contributed by atoms with E-state index in [2.05, 4.69) is 24.6 Å². The first-order valence-corrected chi connectivity index (χ1v) is 3.02. The van der Waals surface area contributed by atoms with Crippen LogP contribution in [-0.4, -0.2) is 6.10 Å². The van der Waals surface area contributed by atoms with Gasteiger partial charge in [-0.25, -0.2) is 5.90 Å². The van der Waals surface area contributed by atoms with E-state index >= 15 is 0 Å². The van der Waals surface area contributed by atoms with E-state index in [9.17, 15) is 0 Å². The van der Waals surface area contributed by atoms with Gasteiger partial charge in [-0.05, 0) is 12.3 Å². The summed E-state index contributed by atoms with van der Waals surface area (Å²) in [6, 6.07) is 0. The van der Waals surface area contributed by atoms with Gasteiger partial charge < -0.3 is 0 Å². The predicted molar refractivity (Wildman–Crippen MR) is 37.3 cm³/mol. The van der Waals surface area contributed by atoms with Crippen LogP contribution in [0.2, 0.25) is 0 Å². The summed E-state index contributed by atoms with van der Waals surface area (Å²) in [5.74, 6) is 7.86. The molecule has 52 valence electrons. The van der Waals surface area contributed by atoms with Crippen LogP contribution in [0.3, 0.4) is 0 Å². The molecule has 1 unspecified atom stereocenters. The molecule has 0 fully saturated rings. The highest BCUT2D eigenvalue weighted by Gasteiger charge is 2.04. The highest BCUT2D eigenvalue weighted by Crippen LogP contribution is 2.04. The minimum absolute atomic E-state index is 0.218. The van der Waals surface area contributed by atoms with Crippen molar-refractivity contribution in [3.63, 3.8) is 0 Å². The fourth-order valence-electron chi connectivity index (χ4n) is 0.591. The topological polar surface area (TPSA) is 35.2 Å². The monoisotopic (exact) mass is 127 g/mol. The van der Waals surface area contributed by atoms with Crippen LogP contribution in [0.15, 0.2) is 0 Å². The molecule has 1 atom stereocenters. The summed E-state index contributed by atoms with van der Waals surface area (Å²) in [7, 11) is 0. The standard InChI is InChI=1S/C7H13NO/c1-4-7(9-8)5-6(2)3/h1,6-7H,5,8H2,2-3H3. The molecule has 0 aliphatic heterocycles. The van der Waals surface area contributed by atoms with Crippen molar-refractivity contribution in [2.45, 2.75) is 26.4 Å². The Morgan fingerprint density at radius 3 is 2.33 bits per heavy atom. The summed E-state index contributed by atoms with van der Waals surface area (Å²) in [6.07, 6.45) is 5.69. The first-order valence-electron chi connectivity index (χ1n) is 3.02. The van der Waals surface area contributed by atoms with E-state index in [1.807, 2.05) is 0 Å². The molecule has 0 aromatic rings. The van der Waals surface area contributed by atoms with Gasteiger partial charge in [0.1, 0.15) is 6.10 Å². The molecule has 0 saturated carbocycles. The summed E-state index contributed by atoms with van der Waals surface area (Å²) >= 11 is 0. The van der Waals surface area contributed by atoms with Gasteiger partial charge in [-0.15, -0.1) is 6.42 Å². The fraction of sp³-hybridized carbons (Fsp3) is 0.714. The van der Waals surface area contributed by atoms with Gasteiger partial charge in [-0.1, -0.05) is 19.8 Å². The Morgan fingerprint density at radius 2 is 2.22 bits per heavy atom. The molecule has 0 radical (unpaired) electrons. The van der Waals surface area contributed by atoms with Gasteiger partial charge in [-0.3, -0.25) is 4.84 Å². The van der Waals surface area contributed by atoms with Crippen molar-refractivity contribution in [1.82, 2.24) is 0 Å². The molecule has 0 aliphatic carbocycles. The van der Waals surface area contributed by atoms with Gasteiger partial charge >= 0.3 is 0 Å². The number of hydrogen-bond donors (Lipinski definition) is 1. The molecule has 2 N–H and O–H groups in total. The maximum Gasteiger partial charge on any atom is 0.139 e. The van der Waals surface area contributed by atoms with E-state index < -0.39 is 0 Å². The van der Waals surface area contributed by atoms with E-state index in [-0.39, 0.29) is 6.10 Å². The molecule has 2 nitrogen and oxygen atoms in total. The summed E-state index contributed by atoms with van der Waals surface area (Å²) in [5, 5.41) is 0. The van der Waals surface area contributed by atoms with Crippen molar-refractivity contribution in [2.75, 3.05) is 0 Å². The Kier molecular flexibility index (Phi) is 4.12. The molecule has 0 aromatic heterocycles. The highest BCUT2D eigenvalue weighted by molar-refractivity contribution is 4.94. The third kappa shape index (κ3) is 4.01. The summed E-state index contributed by atoms with van der Waals surface area (Å²) in [6.45, 7) is 4.15. The lowest BCUT2D eigenvalue weighted by molar-refractivity contribution is 0.0785. The van der Waals surface area contributed by atoms with Crippen LogP contribution in [0.4, 0.5) is 0 Å². The van der Waals surface area contributed by atoms with E-state index in [0.717, 1.165) is 6.42 Å². The third-order valence-electron chi connectivity index (χ3n) is 1.04. The van der Waals surface area contributed by atoms with Crippen LogP contribution in [0.5, 0.6) is 0 Å². The molecule has 0 rings (SSSR count). The number of terminal acetylenes is 1. The van der Waals surface area contributed by atoms with Crippen molar-refractivity contribution in [3.05, 3.63) is 0 Å². The molecule has 0 heterocycles. The van der Waals surface area contributed by atoms with Crippen LogP contribution in [0, 0.1) is 18.3 Å². The van der Waals surface area contributed by atoms with E-state index in [1.54, 1.807) is 0 Å². The molecule has 0 aliphatic rings. The molecule has 2 heteroatoms. The summed E-state index contributed by atoms with van der Waals surface area (Å²) in [4.78, 5) is 4.47. The van der Waals surface area contributed by atoms with Gasteiger partial charge in [0.25, 0.3) is 0 Å². The first kappa shape index (κ1) is 8.48. The first-order chi connectivity index (χ1) is 4.20. The van der Waals surface area contributed by atoms with Crippen molar-refractivity contribution in [2.24, 2.45) is 11.8 Å². The minimum Gasteiger partial charge on any atom is -0.288 e. The lowest BCUT2D eigenvalue weighted by atomic mass is 10.1. The summed E-state index contributed by atoms with van der Waals surface area (Å²) < 4.78 is 0. The molecule has 0 spiro atoms. The summed E-state index contributed by atoms with van der Waals surface area (Å²) in [5.41, 5.74) is 0. The smallest absolute Gasteiger partial charge is 0.139 e. The third-order valence-corrected chi connectivity index (χ3v) is 1.04. The predicted octanol–water partition coefficient (Wildman–Crippen LogP) is 0.925. The van der Waals surface area contributed by atoms with Crippen LogP contribution < -0.4 is 5.90 Å². The van der Waals surface area contributed by atoms with Gasteiger partial charge in [0.15, 0.2) is 0 Å². The lowest BCUT2D eigenvalue weighted by Gasteiger charge is -2.08. The van der Waals surface area contributed by atoms with Crippen LogP contribution in [-0.2, 0) is 4.84 Å². The van der Waals surface area contributed by atoms with Crippen molar-refractivity contribution >= 4 is 0 Å². The normalized spacial score (nSPS) is 13.2. The Bertz CT molecular complexity index is 104. The molecule has 0 amide bonds. The van der Waals surface area contributed by atoms with Crippen molar-refractivity contribution in [3.8, 4) is 12.3 Å². The fourth-order valence-corrected chi connectivity index (χ4v) is 0.591. The maximum atomic E-state index is 5.08. The molecular weight excluding hydrogens is 114 g/mol. The molecule has 0 aromatic carbocycles. The van der Waals surface area contributed by atoms with Crippen LogP contribution >= 0.6 is 0 Å². The number of rotatable bonds is 3. The minimum atomic E-state index is -0.218. The second kappa shape index (κ2) is 4.37. The molecular formula is C7H13NO. The molecule has 0 saturated heterocycles. The largest absolute Gasteiger partial charge is 0.288 e. The van der Waals surface area contributed by atoms with E-state index in [0.29, 0.717) is 5.92 Å². The van der Waals surface area contributed by atoms with Crippen LogP contribution in [0.25, 0.3) is 0 Å². The Hall–Kier alpha value is -0.520. The zero-order valence-electron chi connectivity index (χ0n) is 5.92. The van der Waals surface area contributed by atoms with E-state index in [4.69, 9.17) is 12.3 Å². The Morgan fingerprint density at radius 1 is 1.67 bits per heavy atom. The number of nitrogens with two attached hydrogens (primary N) is 1. The van der Waals surface area contributed by atoms with Gasteiger partial charge in [0.05, 0.1) is 0 Å². The second-order valence-electron chi connectivity index (χ2n) is 2.42. The Balaban J connectivity index is 3.47. The zero-order valence-corrected chi connectivity index (χ0v) is 5.92. The SMILES string of the molecule is C#CC(CC(C)C)ON. The number of hydrogen-bond acceptors (Lipinski definition) is 2. The molecule has 9 heavy (non-hydrogen) atoms.